The summed E-state index contributed by atoms with van der Waals surface area (Å²) in [4.78, 5) is 9.76. The van der Waals surface area contributed by atoms with Gasteiger partial charge in [-0.1, -0.05) is 25.6 Å². The Morgan fingerprint density at radius 1 is 0.593 bits per heavy atom. The summed E-state index contributed by atoms with van der Waals surface area (Å²) in [6.07, 6.45) is -2.41. The lowest BCUT2D eigenvalue weighted by Gasteiger charge is -2.13. The summed E-state index contributed by atoms with van der Waals surface area (Å²) in [5.41, 5.74) is -2.02. The highest BCUT2D eigenvalue weighted by Crippen LogP contribution is 2.31. The molecule has 24 heteroatoms. The normalized spacial score (nSPS) is 15.6. The second-order valence-corrected chi connectivity index (χ2v) is 18.3. The fourth-order valence-electron chi connectivity index (χ4n) is 3.56. The van der Waals surface area contributed by atoms with E-state index >= 15 is 0 Å². The first kappa shape index (κ1) is 49.1. The molecule has 5 unspecified atom stereocenters. The predicted molar refractivity (Wildman–Crippen MR) is 181 cm³/mol. The average molecular weight is 834 g/mol. The van der Waals surface area contributed by atoms with E-state index in [0.717, 1.165) is 36.8 Å². The molecule has 0 bridgehead atoms. The number of alkyl halides is 9. The standard InChI is InChI=1S/2C10H10F3N3OS.C9H8F3N3OS.CH4/c2*1-7(18(2,17)16-6-14)8-3-4-9(15-5-8)10(11,12)13;1-17(16,15-6-13)5-7-2-3-8(14-4-7)9(10,11)12;/h2*3-5,7H,1-2H3;2-4H,5H2,1H3;1H4. The number of nitrogens with zero attached hydrogens (tertiary/aromatic N) is 9. The van der Waals surface area contributed by atoms with Gasteiger partial charge in [0.05, 0.1) is 45.4 Å². The lowest BCUT2D eigenvalue weighted by molar-refractivity contribution is -0.142. The quantitative estimate of drug-likeness (QED) is 0.173. The van der Waals surface area contributed by atoms with Crippen LogP contribution in [-0.4, -0.2) is 46.3 Å². The smallest absolute Gasteiger partial charge is 0.251 e. The molecule has 3 rings (SSSR count). The van der Waals surface area contributed by atoms with Gasteiger partial charge in [0.2, 0.25) is 18.6 Å². The number of aromatic nitrogens is 3. The highest BCUT2D eigenvalue weighted by Gasteiger charge is 2.34. The van der Waals surface area contributed by atoms with Crippen molar-refractivity contribution >= 4 is 29.2 Å². The van der Waals surface area contributed by atoms with Crippen molar-refractivity contribution in [2.45, 2.75) is 56.1 Å². The predicted octanol–water partition coefficient (Wildman–Crippen LogP) is 8.30. The number of hydrogen-bond donors (Lipinski definition) is 0. The van der Waals surface area contributed by atoms with E-state index in [9.17, 15) is 52.1 Å². The van der Waals surface area contributed by atoms with Crippen molar-refractivity contribution in [2.75, 3.05) is 18.8 Å². The monoisotopic (exact) mass is 833 g/mol. The first-order valence-electron chi connectivity index (χ1n) is 14.0. The van der Waals surface area contributed by atoms with Gasteiger partial charge in [-0.2, -0.15) is 55.3 Å². The summed E-state index contributed by atoms with van der Waals surface area (Å²) in [5.74, 6) is -0.105. The first-order chi connectivity index (χ1) is 24.1. The molecular formula is C30H32F9N9O3S3. The summed E-state index contributed by atoms with van der Waals surface area (Å²) in [7, 11) is -8.38. The molecule has 0 spiro atoms. The molecule has 0 saturated heterocycles. The fraction of sp³-hybridized carbons (Fsp3) is 0.400. The summed E-state index contributed by atoms with van der Waals surface area (Å²) in [6.45, 7) is 3.04. The Labute approximate surface area is 306 Å². The zero-order valence-corrected chi connectivity index (χ0v) is 30.4. The van der Waals surface area contributed by atoms with Crippen molar-refractivity contribution < 1.29 is 52.1 Å². The Morgan fingerprint density at radius 2 is 0.907 bits per heavy atom. The van der Waals surface area contributed by atoms with E-state index in [1.165, 1.54) is 69.4 Å². The number of halogens is 9. The van der Waals surface area contributed by atoms with Gasteiger partial charge in [0.25, 0.3) is 0 Å². The van der Waals surface area contributed by atoms with Crippen LogP contribution in [0.1, 0.15) is 65.5 Å². The molecule has 0 aromatic carbocycles. The van der Waals surface area contributed by atoms with Gasteiger partial charge in [-0.3, -0.25) is 15.0 Å². The molecule has 3 aromatic rings. The van der Waals surface area contributed by atoms with Crippen molar-refractivity contribution in [3.8, 4) is 18.6 Å². The van der Waals surface area contributed by atoms with Crippen LogP contribution in [0, 0.1) is 34.4 Å². The van der Waals surface area contributed by atoms with Gasteiger partial charge in [0.15, 0.2) is 0 Å². The highest BCUT2D eigenvalue weighted by molar-refractivity contribution is 7.93. The summed E-state index contributed by atoms with van der Waals surface area (Å²) >= 11 is 0. The average Bonchev–Trinajstić information content (AvgIpc) is 3.03. The molecule has 0 amide bonds. The zero-order valence-electron chi connectivity index (χ0n) is 27.9. The van der Waals surface area contributed by atoms with E-state index < -0.39 is 75.3 Å². The molecule has 5 atom stereocenters. The number of rotatable bonds is 6. The van der Waals surface area contributed by atoms with Gasteiger partial charge in [0.1, 0.15) is 17.1 Å². The van der Waals surface area contributed by atoms with Gasteiger partial charge in [-0.15, -0.1) is 13.1 Å². The van der Waals surface area contributed by atoms with Crippen molar-refractivity contribution in [1.29, 1.82) is 15.8 Å². The first-order valence-corrected chi connectivity index (χ1v) is 20.0. The van der Waals surface area contributed by atoms with Crippen LogP contribution in [0.15, 0.2) is 68.1 Å². The molecule has 3 aromatic heterocycles. The van der Waals surface area contributed by atoms with Crippen LogP contribution < -0.4 is 0 Å². The van der Waals surface area contributed by atoms with Crippen molar-refractivity contribution in [2.24, 2.45) is 13.1 Å². The second-order valence-electron chi connectivity index (χ2n) is 10.7. The summed E-state index contributed by atoms with van der Waals surface area (Å²) in [5, 5.41) is 23.7. The maximum absolute atomic E-state index is 12.3. The summed E-state index contributed by atoms with van der Waals surface area (Å²) in [6, 6.07) is 5.98. The van der Waals surface area contributed by atoms with Crippen molar-refractivity contribution in [3.05, 3.63) is 88.8 Å². The Bertz CT molecular complexity index is 2110. The minimum absolute atomic E-state index is 0. The Kier molecular flexibility index (Phi) is 17.7. The van der Waals surface area contributed by atoms with Gasteiger partial charge < -0.3 is 0 Å². The number of hydrogen-bond acceptors (Lipinski definition) is 12. The van der Waals surface area contributed by atoms with Crippen LogP contribution >= 0.6 is 0 Å². The van der Waals surface area contributed by atoms with E-state index in [1.54, 1.807) is 0 Å². The Morgan fingerprint density at radius 3 is 1.15 bits per heavy atom. The molecule has 0 N–H and O–H groups in total. The maximum Gasteiger partial charge on any atom is 0.433 e. The van der Waals surface area contributed by atoms with E-state index in [1.807, 2.05) is 0 Å². The second kappa shape index (κ2) is 19.5. The van der Waals surface area contributed by atoms with E-state index in [-0.39, 0.29) is 13.2 Å². The molecule has 0 aliphatic heterocycles. The number of pyridine rings is 3. The molecule has 12 nitrogen and oxygen atoms in total. The van der Waals surface area contributed by atoms with Gasteiger partial charge >= 0.3 is 18.5 Å². The maximum atomic E-state index is 12.3. The molecule has 296 valence electrons. The van der Waals surface area contributed by atoms with E-state index in [2.05, 4.69) is 28.0 Å². The van der Waals surface area contributed by atoms with Crippen molar-refractivity contribution in [1.82, 2.24) is 15.0 Å². The van der Waals surface area contributed by atoms with Crippen LogP contribution in [-0.2, 0) is 53.5 Å². The summed E-state index contributed by atoms with van der Waals surface area (Å²) < 4.78 is 156. The molecule has 0 saturated carbocycles. The van der Waals surface area contributed by atoms with Crippen LogP contribution in [0.4, 0.5) is 39.5 Å². The minimum Gasteiger partial charge on any atom is -0.251 e. The molecule has 3 heterocycles. The van der Waals surface area contributed by atoms with Gasteiger partial charge in [0, 0.05) is 37.4 Å². The van der Waals surface area contributed by atoms with Crippen LogP contribution in [0.5, 0.6) is 0 Å². The topological polar surface area (TPSA) is 198 Å². The largest absolute Gasteiger partial charge is 0.433 e. The minimum atomic E-state index is -4.51. The third kappa shape index (κ3) is 15.6. The molecular weight excluding hydrogens is 802 g/mol. The molecule has 54 heavy (non-hydrogen) atoms. The van der Waals surface area contributed by atoms with Crippen LogP contribution in [0.3, 0.4) is 0 Å². The fourth-order valence-corrected chi connectivity index (χ4v) is 6.51. The van der Waals surface area contributed by atoms with Gasteiger partial charge in [-0.25, -0.2) is 12.6 Å². The van der Waals surface area contributed by atoms with E-state index in [0.29, 0.717) is 16.7 Å². The van der Waals surface area contributed by atoms with Crippen LogP contribution in [0.25, 0.3) is 0 Å². The molecule has 0 fully saturated rings. The van der Waals surface area contributed by atoms with Gasteiger partial charge in [-0.05, 0) is 48.7 Å². The Balaban J connectivity index is 0.000000774. The zero-order chi connectivity index (χ0) is 41.1. The lowest BCUT2D eigenvalue weighted by atomic mass is 10.2. The third-order valence-corrected chi connectivity index (χ3v) is 12.0. The number of nitriles is 3. The third-order valence-electron chi connectivity index (χ3n) is 6.63. The molecule has 0 aliphatic rings. The van der Waals surface area contributed by atoms with E-state index in [4.69, 9.17) is 15.8 Å². The Hall–Kier alpha value is -4.86. The SMILES string of the molecule is C.CC(c1ccc(C(F)(F)F)nc1)S(C)(=O)=NC#N.CC(c1ccc(C(F)(F)F)nc1)S(C)(=O)=NC#N.CS(=O)(Cc1ccc(C(F)(F)F)nc1)=NC#N. The van der Waals surface area contributed by atoms with Crippen LogP contribution in [0.2, 0.25) is 0 Å². The highest BCUT2D eigenvalue weighted by atomic mass is 32.2. The van der Waals surface area contributed by atoms with Crippen molar-refractivity contribution in [3.63, 3.8) is 0 Å². The molecule has 0 radical (unpaired) electrons. The lowest BCUT2D eigenvalue weighted by Crippen LogP contribution is -2.11. The molecule has 0 aliphatic carbocycles.